The Morgan fingerprint density at radius 3 is 2.53 bits per heavy atom. The molecular formula is C14H16O3. The molecule has 3 nitrogen and oxygen atoms in total. The predicted molar refractivity (Wildman–Crippen MR) is 65.0 cm³/mol. The summed E-state index contributed by atoms with van der Waals surface area (Å²) in [7, 11) is 0. The summed E-state index contributed by atoms with van der Waals surface area (Å²) in [6.07, 6.45) is 3.44. The van der Waals surface area contributed by atoms with E-state index in [1.807, 2.05) is 24.3 Å². The van der Waals surface area contributed by atoms with E-state index in [0.29, 0.717) is 6.61 Å². The van der Waals surface area contributed by atoms with Gasteiger partial charge < -0.3 is 14.3 Å². The van der Waals surface area contributed by atoms with Crippen LogP contribution in [0.25, 0.3) is 0 Å². The van der Waals surface area contributed by atoms with Gasteiger partial charge in [0.25, 0.3) is 0 Å². The molecule has 0 saturated carbocycles. The molecule has 0 spiro atoms. The molecule has 0 amide bonds. The second-order valence-electron chi connectivity index (χ2n) is 3.88. The van der Waals surface area contributed by atoms with Gasteiger partial charge in [-0.15, -0.1) is 0 Å². The Morgan fingerprint density at radius 1 is 1.18 bits per heavy atom. The topological polar surface area (TPSA) is 42.6 Å². The largest absolute Gasteiger partial charge is 0.494 e. The quantitative estimate of drug-likeness (QED) is 0.861. The maximum atomic E-state index is 10.0. The summed E-state index contributed by atoms with van der Waals surface area (Å²) in [5.41, 5.74) is 1.59. The lowest BCUT2D eigenvalue weighted by molar-refractivity contribution is 0.219. The van der Waals surface area contributed by atoms with E-state index in [2.05, 4.69) is 6.92 Å². The Labute approximate surface area is 101 Å². The van der Waals surface area contributed by atoms with E-state index in [1.54, 1.807) is 18.6 Å². The van der Waals surface area contributed by atoms with Crippen LogP contribution in [-0.4, -0.2) is 11.7 Å². The molecule has 0 aliphatic carbocycles. The standard InChI is InChI=1S/C14H16O3/c1-2-8-17-13-5-3-11(4-6-13)14(15)12-7-9-16-10-12/h3-7,9-10,14-15H,2,8H2,1H3. The van der Waals surface area contributed by atoms with E-state index in [4.69, 9.17) is 9.15 Å². The monoisotopic (exact) mass is 232 g/mol. The zero-order valence-corrected chi connectivity index (χ0v) is 9.80. The van der Waals surface area contributed by atoms with Gasteiger partial charge in [-0.05, 0) is 30.2 Å². The van der Waals surface area contributed by atoms with Crippen molar-refractivity contribution in [3.63, 3.8) is 0 Å². The van der Waals surface area contributed by atoms with Gasteiger partial charge in [-0.1, -0.05) is 19.1 Å². The van der Waals surface area contributed by atoms with Crippen LogP contribution in [0.4, 0.5) is 0 Å². The summed E-state index contributed by atoms with van der Waals surface area (Å²) < 4.78 is 10.4. The number of benzene rings is 1. The first-order chi connectivity index (χ1) is 8.31. The van der Waals surface area contributed by atoms with Crippen LogP contribution in [0.3, 0.4) is 0 Å². The number of aliphatic hydroxyl groups excluding tert-OH is 1. The van der Waals surface area contributed by atoms with E-state index in [1.165, 1.54) is 0 Å². The number of hydrogen-bond donors (Lipinski definition) is 1. The highest BCUT2D eigenvalue weighted by atomic mass is 16.5. The van der Waals surface area contributed by atoms with Crippen LogP contribution >= 0.6 is 0 Å². The van der Waals surface area contributed by atoms with Crippen molar-refractivity contribution >= 4 is 0 Å². The number of rotatable bonds is 5. The molecule has 1 heterocycles. The molecule has 90 valence electrons. The first-order valence-corrected chi connectivity index (χ1v) is 5.74. The Bertz CT molecular complexity index is 431. The van der Waals surface area contributed by atoms with E-state index in [9.17, 15) is 5.11 Å². The average Bonchev–Trinajstić information content (AvgIpc) is 2.90. The Balaban J connectivity index is 2.07. The highest BCUT2D eigenvalue weighted by molar-refractivity contribution is 5.32. The first kappa shape index (κ1) is 11.7. The average molecular weight is 232 g/mol. The van der Waals surface area contributed by atoms with Gasteiger partial charge in [0.2, 0.25) is 0 Å². The molecule has 1 unspecified atom stereocenters. The molecule has 3 heteroatoms. The molecule has 0 aliphatic rings. The van der Waals surface area contributed by atoms with Crippen molar-refractivity contribution in [2.45, 2.75) is 19.4 Å². The maximum absolute atomic E-state index is 10.0. The van der Waals surface area contributed by atoms with Crippen molar-refractivity contribution in [3.05, 3.63) is 54.0 Å². The fourth-order valence-corrected chi connectivity index (χ4v) is 1.59. The van der Waals surface area contributed by atoms with E-state index < -0.39 is 6.10 Å². The van der Waals surface area contributed by atoms with Crippen LogP contribution in [0.15, 0.2) is 47.3 Å². The zero-order chi connectivity index (χ0) is 12.1. The highest BCUT2D eigenvalue weighted by Crippen LogP contribution is 2.24. The summed E-state index contributed by atoms with van der Waals surface area (Å²) in [5.74, 6) is 0.829. The highest BCUT2D eigenvalue weighted by Gasteiger charge is 2.11. The summed E-state index contributed by atoms with van der Waals surface area (Å²) in [4.78, 5) is 0. The SMILES string of the molecule is CCCOc1ccc(C(O)c2ccoc2)cc1. The molecule has 2 aromatic rings. The maximum Gasteiger partial charge on any atom is 0.119 e. The van der Waals surface area contributed by atoms with Gasteiger partial charge in [-0.25, -0.2) is 0 Å². The molecule has 0 radical (unpaired) electrons. The Morgan fingerprint density at radius 2 is 1.94 bits per heavy atom. The number of furan rings is 1. The van der Waals surface area contributed by atoms with Crippen molar-refractivity contribution in [2.24, 2.45) is 0 Å². The predicted octanol–water partition coefficient (Wildman–Crippen LogP) is 3.15. The van der Waals surface area contributed by atoms with Crippen molar-refractivity contribution < 1.29 is 14.3 Å². The van der Waals surface area contributed by atoms with Gasteiger partial charge in [-0.3, -0.25) is 0 Å². The second kappa shape index (κ2) is 5.55. The lowest BCUT2D eigenvalue weighted by Gasteiger charge is -2.10. The summed E-state index contributed by atoms with van der Waals surface area (Å²) in [6.45, 7) is 2.78. The van der Waals surface area contributed by atoms with Crippen LogP contribution in [0.1, 0.15) is 30.6 Å². The minimum atomic E-state index is -0.644. The van der Waals surface area contributed by atoms with Crippen LogP contribution in [0, 0.1) is 0 Å². The molecule has 0 bridgehead atoms. The molecule has 0 saturated heterocycles. The molecule has 0 fully saturated rings. The third-order valence-electron chi connectivity index (χ3n) is 2.53. The van der Waals surface area contributed by atoms with Crippen LogP contribution in [-0.2, 0) is 0 Å². The van der Waals surface area contributed by atoms with Gasteiger partial charge in [0.05, 0.1) is 19.1 Å². The zero-order valence-electron chi connectivity index (χ0n) is 9.80. The fraction of sp³-hybridized carbons (Fsp3) is 0.286. The van der Waals surface area contributed by atoms with Crippen molar-refractivity contribution in [2.75, 3.05) is 6.61 Å². The van der Waals surface area contributed by atoms with Crippen molar-refractivity contribution in [1.82, 2.24) is 0 Å². The van der Waals surface area contributed by atoms with Gasteiger partial charge >= 0.3 is 0 Å². The normalized spacial score (nSPS) is 12.4. The van der Waals surface area contributed by atoms with Crippen molar-refractivity contribution in [1.29, 1.82) is 0 Å². The molecule has 1 N–H and O–H groups in total. The smallest absolute Gasteiger partial charge is 0.119 e. The first-order valence-electron chi connectivity index (χ1n) is 5.74. The summed E-state index contributed by atoms with van der Waals surface area (Å²) >= 11 is 0. The summed E-state index contributed by atoms with van der Waals surface area (Å²) in [6, 6.07) is 9.22. The summed E-state index contributed by atoms with van der Waals surface area (Å²) in [5, 5.41) is 10.0. The lowest BCUT2D eigenvalue weighted by Crippen LogP contribution is -1.99. The third-order valence-corrected chi connectivity index (χ3v) is 2.53. The number of hydrogen-bond acceptors (Lipinski definition) is 3. The number of ether oxygens (including phenoxy) is 1. The minimum absolute atomic E-state index is 0.644. The molecule has 0 aliphatic heterocycles. The van der Waals surface area contributed by atoms with Crippen LogP contribution < -0.4 is 4.74 Å². The number of aliphatic hydroxyl groups is 1. The lowest BCUT2D eigenvalue weighted by atomic mass is 10.0. The Hall–Kier alpha value is -1.74. The third kappa shape index (κ3) is 2.88. The van der Waals surface area contributed by atoms with Gasteiger partial charge in [0.1, 0.15) is 11.9 Å². The molecular weight excluding hydrogens is 216 g/mol. The van der Waals surface area contributed by atoms with Crippen molar-refractivity contribution in [3.8, 4) is 5.75 Å². The van der Waals surface area contributed by atoms with E-state index in [0.717, 1.165) is 23.3 Å². The molecule has 17 heavy (non-hydrogen) atoms. The molecule has 1 aromatic heterocycles. The fourth-order valence-electron chi connectivity index (χ4n) is 1.59. The van der Waals surface area contributed by atoms with Gasteiger partial charge in [0.15, 0.2) is 0 Å². The van der Waals surface area contributed by atoms with Gasteiger partial charge in [0, 0.05) is 5.56 Å². The molecule has 1 aromatic carbocycles. The van der Waals surface area contributed by atoms with E-state index >= 15 is 0 Å². The van der Waals surface area contributed by atoms with Crippen LogP contribution in [0.5, 0.6) is 5.75 Å². The van der Waals surface area contributed by atoms with Crippen LogP contribution in [0.2, 0.25) is 0 Å². The Kier molecular flexibility index (Phi) is 3.83. The molecule has 1 atom stereocenters. The minimum Gasteiger partial charge on any atom is -0.494 e. The second-order valence-corrected chi connectivity index (χ2v) is 3.88. The molecule has 2 rings (SSSR count). The van der Waals surface area contributed by atoms with E-state index in [-0.39, 0.29) is 0 Å². The van der Waals surface area contributed by atoms with Gasteiger partial charge in [-0.2, -0.15) is 0 Å².